The van der Waals surface area contributed by atoms with Crippen LogP contribution in [0.3, 0.4) is 0 Å². The summed E-state index contributed by atoms with van der Waals surface area (Å²) in [6.07, 6.45) is 6.11. The summed E-state index contributed by atoms with van der Waals surface area (Å²) in [4.78, 5) is 0. The predicted molar refractivity (Wildman–Crippen MR) is 65.9 cm³/mol. The van der Waals surface area contributed by atoms with Crippen molar-refractivity contribution in [1.29, 1.82) is 0 Å². The normalized spacial score (nSPS) is 20.2. The molecule has 1 aromatic carbocycles. The van der Waals surface area contributed by atoms with Gasteiger partial charge in [0, 0.05) is 0 Å². The van der Waals surface area contributed by atoms with E-state index in [-0.39, 0.29) is 0 Å². The molecule has 80 valence electrons. The van der Waals surface area contributed by atoms with Crippen LogP contribution in [0.25, 0.3) is 6.08 Å². The molecule has 1 heteroatoms. The third-order valence-corrected chi connectivity index (χ3v) is 3.02. The highest BCUT2D eigenvalue weighted by Gasteiger charge is 2.03. The number of rotatable bonds is 1. The monoisotopic (exact) mass is 201 g/mol. The van der Waals surface area contributed by atoms with Crippen molar-refractivity contribution in [1.82, 2.24) is 5.32 Å². The standard InChI is InChI=1S/C14H19N/c1-12-5-2-3-7-14(12)11-13-6-4-9-15-10-8-13/h2-3,5,7,11,15H,4,6,8-10H2,1H3/b13-11-. The zero-order valence-electron chi connectivity index (χ0n) is 9.42. The Kier molecular flexibility index (Phi) is 3.57. The Hall–Kier alpha value is -1.08. The van der Waals surface area contributed by atoms with Crippen LogP contribution in [0.15, 0.2) is 29.8 Å². The molecule has 1 heterocycles. The van der Waals surface area contributed by atoms with Gasteiger partial charge in [-0.3, -0.25) is 0 Å². The molecule has 0 aromatic heterocycles. The largest absolute Gasteiger partial charge is 0.316 e. The molecule has 1 saturated heterocycles. The minimum Gasteiger partial charge on any atom is -0.316 e. The first-order valence-corrected chi connectivity index (χ1v) is 5.82. The van der Waals surface area contributed by atoms with Gasteiger partial charge in [0.05, 0.1) is 0 Å². The predicted octanol–water partition coefficient (Wildman–Crippen LogP) is 3.15. The zero-order valence-corrected chi connectivity index (χ0v) is 9.42. The highest BCUT2D eigenvalue weighted by atomic mass is 14.8. The summed E-state index contributed by atoms with van der Waals surface area (Å²) in [6, 6.07) is 8.61. The molecule has 1 aliphatic rings. The molecule has 0 saturated carbocycles. The van der Waals surface area contributed by atoms with E-state index < -0.39 is 0 Å². The second kappa shape index (κ2) is 5.13. The molecule has 0 amide bonds. The summed E-state index contributed by atoms with van der Waals surface area (Å²) in [6.45, 7) is 4.49. The van der Waals surface area contributed by atoms with Crippen molar-refractivity contribution < 1.29 is 0 Å². The number of hydrogen-bond donors (Lipinski definition) is 1. The Labute approximate surface area is 92.2 Å². The number of aryl methyl sites for hydroxylation is 1. The Morgan fingerprint density at radius 3 is 2.87 bits per heavy atom. The Morgan fingerprint density at radius 2 is 2.00 bits per heavy atom. The van der Waals surface area contributed by atoms with Crippen LogP contribution in [0.1, 0.15) is 30.4 Å². The Balaban J connectivity index is 2.17. The summed E-state index contributed by atoms with van der Waals surface area (Å²) >= 11 is 0. The van der Waals surface area contributed by atoms with Gasteiger partial charge >= 0.3 is 0 Å². The van der Waals surface area contributed by atoms with Crippen LogP contribution in [-0.4, -0.2) is 13.1 Å². The van der Waals surface area contributed by atoms with Crippen LogP contribution in [-0.2, 0) is 0 Å². The molecule has 2 rings (SSSR count). The maximum absolute atomic E-state index is 3.44. The van der Waals surface area contributed by atoms with E-state index in [0.29, 0.717) is 0 Å². The highest BCUT2D eigenvalue weighted by Crippen LogP contribution is 2.18. The van der Waals surface area contributed by atoms with Crippen molar-refractivity contribution in [2.24, 2.45) is 0 Å². The maximum atomic E-state index is 3.44. The van der Waals surface area contributed by atoms with Crippen molar-refractivity contribution in [3.8, 4) is 0 Å². The molecule has 0 radical (unpaired) electrons. The van der Waals surface area contributed by atoms with Gasteiger partial charge in [0.25, 0.3) is 0 Å². The molecule has 0 spiro atoms. The first-order chi connectivity index (χ1) is 7.36. The van der Waals surface area contributed by atoms with Gasteiger partial charge in [-0.05, 0) is 50.4 Å². The molecule has 15 heavy (non-hydrogen) atoms. The fourth-order valence-corrected chi connectivity index (χ4v) is 2.05. The summed E-state index contributed by atoms with van der Waals surface area (Å²) in [7, 11) is 0. The summed E-state index contributed by atoms with van der Waals surface area (Å²) in [5.74, 6) is 0. The molecular weight excluding hydrogens is 182 g/mol. The van der Waals surface area contributed by atoms with E-state index in [9.17, 15) is 0 Å². The van der Waals surface area contributed by atoms with E-state index in [2.05, 4.69) is 42.6 Å². The third kappa shape index (κ3) is 2.93. The highest BCUT2D eigenvalue weighted by molar-refractivity contribution is 5.56. The van der Waals surface area contributed by atoms with Gasteiger partial charge in [0.1, 0.15) is 0 Å². The van der Waals surface area contributed by atoms with Crippen LogP contribution >= 0.6 is 0 Å². The van der Waals surface area contributed by atoms with Gasteiger partial charge < -0.3 is 5.32 Å². The average Bonchev–Trinajstić information content (AvgIpc) is 2.50. The fourth-order valence-electron chi connectivity index (χ4n) is 2.05. The quantitative estimate of drug-likeness (QED) is 0.736. The Morgan fingerprint density at radius 1 is 1.13 bits per heavy atom. The lowest BCUT2D eigenvalue weighted by Crippen LogP contribution is -2.13. The van der Waals surface area contributed by atoms with Gasteiger partial charge in [-0.25, -0.2) is 0 Å². The van der Waals surface area contributed by atoms with Crippen molar-refractivity contribution in [3.63, 3.8) is 0 Å². The molecule has 1 aliphatic heterocycles. The summed E-state index contributed by atoms with van der Waals surface area (Å²) < 4.78 is 0. The van der Waals surface area contributed by atoms with Crippen LogP contribution in [0.4, 0.5) is 0 Å². The van der Waals surface area contributed by atoms with Crippen molar-refractivity contribution in [2.45, 2.75) is 26.2 Å². The van der Waals surface area contributed by atoms with Crippen molar-refractivity contribution in [3.05, 3.63) is 41.0 Å². The van der Waals surface area contributed by atoms with E-state index >= 15 is 0 Å². The van der Waals surface area contributed by atoms with Crippen LogP contribution in [0, 0.1) is 6.92 Å². The van der Waals surface area contributed by atoms with E-state index in [1.807, 2.05) is 0 Å². The molecule has 0 bridgehead atoms. The van der Waals surface area contributed by atoms with Crippen molar-refractivity contribution >= 4 is 6.08 Å². The maximum Gasteiger partial charge on any atom is -0.00115 e. The smallest absolute Gasteiger partial charge is 0.00115 e. The number of hydrogen-bond acceptors (Lipinski definition) is 1. The minimum atomic E-state index is 1.14. The van der Waals surface area contributed by atoms with Crippen LogP contribution < -0.4 is 5.32 Å². The summed E-state index contributed by atoms with van der Waals surface area (Å²) in [5, 5.41) is 3.44. The van der Waals surface area contributed by atoms with Crippen LogP contribution in [0.2, 0.25) is 0 Å². The van der Waals surface area contributed by atoms with Crippen molar-refractivity contribution in [2.75, 3.05) is 13.1 Å². The lowest BCUT2D eigenvalue weighted by atomic mass is 10.0. The average molecular weight is 201 g/mol. The van der Waals surface area contributed by atoms with E-state index in [0.717, 1.165) is 6.54 Å². The minimum absolute atomic E-state index is 1.14. The number of nitrogens with one attached hydrogen (secondary N) is 1. The molecule has 1 fully saturated rings. The molecule has 1 nitrogen and oxygen atoms in total. The third-order valence-electron chi connectivity index (χ3n) is 3.02. The van der Waals surface area contributed by atoms with Gasteiger partial charge in [-0.15, -0.1) is 0 Å². The molecular formula is C14H19N. The molecule has 0 atom stereocenters. The summed E-state index contributed by atoms with van der Waals surface area (Å²) in [5.41, 5.74) is 4.35. The Bertz CT molecular complexity index is 342. The topological polar surface area (TPSA) is 12.0 Å². The molecule has 0 unspecified atom stereocenters. The lowest BCUT2D eigenvalue weighted by Gasteiger charge is -2.04. The zero-order chi connectivity index (χ0) is 10.5. The SMILES string of the molecule is Cc1ccccc1/C=C1/CCCNCC1. The first kappa shape index (κ1) is 10.4. The van der Waals surface area contributed by atoms with Gasteiger partial charge in [-0.2, -0.15) is 0 Å². The fraction of sp³-hybridized carbons (Fsp3) is 0.429. The van der Waals surface area contributed by atoms with Crippen LogP contribution in [0.5, 0.6) is 0 Å². The second-order valence-electron chi connectivity index (χ2n) is 4.26. The molecule has 0 aliphatic carbocycles. The van der Waals surface area contributed by atoms with E-state index in [4.69, 9.17) is 0 Å². The van der Waals surface area contributed by atoms with Gasteiger partial charge in [0.15, 0.2) is 0 Å². The first-order valence-electron chi connectivity index (χ1n) is 5.82. The van der Waals surface area contributed by atoms with Gasteiger partial charge in [0.2, 0.25) is 0 Å². The van der Waals surface area contributed by atoms with E-state index in [1.54, 1.807) is 5.57 Å². The lowest BCUT2D eigenvalue weighted by molar-refractivity contribution is 0.703. The molecule has 1 N–H and O–H groups in total. The van der Waals surface area contributed by atoms with E-state index in [1.165, 1.54) is 36.9 Å². The number of benzene rings is 1. The molecule has 1 aromatic rings. The second-order valence-corrected chi connectivity index (χ2v) is 4.26. The van der Waals surface area contributed by atoms with Gasteiger partial charge in [-0.1, -0.05) is 35.9 Å².